The van der Waals surface area contributed by atoms with Crippen LogP contribution in [-0.2, 0) is 20.7 Å². The van der Waals surface area contributed by atoms with Crippen LogP contribution in [0.4, 0.5) is 5.69 Å². The third-order valence-corrected chi connectivity index (χ3v) is 5.71. The minimum absolute atomic E-state index is 0.115. The molecular formula is C27H23NO7. The van der Waals surface area contributed by atoms with E-state index >= 15 is 0 Å². The molecule has 8 heteroatoms. The average Bonchev–Trinajstić information content (AvgIpc) is 2.87. The smallest absolute Gasteiger partial charge is 0.311 e. The van der Waals surface area contributed by atoms with Crippen LogP contribution < -0.4 is 14.8 Å². The van der Waals surface area contributed by atoms with Crippen LogP contribution in [0.2, 0.25) is 0 Å². The zero-order chi connectivity index (χ0) is 25.1. The fourth-order valence-corrected chi connectivity index (χ4v) is 3.95. The number of benzene rings is 3. The first-order valence-corrected chi connectivity index (χ1v) is 10.9. The lowest BCUT2D eigenvalue weighted by atomic mass is 9.83. The maximum Gasteiger partial charge on any atom is 0.311 e. The van der Waals surface area contributed by atoms with Crippen molar-refractivity contribution in [3.05, 3.63) is 88.5 Å². The molecule has 1 aliphatic rings. The molecule has 4 rings (SSSR count). The maximum atomic E-state index is 13.1. The van der Waals surface area contributed by atoms with Gasteiger partial charge in [0.1, 0.15) is 11.5 Å². The molecule has 8 nitrogen and oxygen atoms in total. The number of rotatable bonds is 7. The van der Waals surface area contributed by atoms with Gasteiger partial charge in [0.25, 0.3) is 5.91 Å². The lowest BCUT2D eigenvalue weighted by Gasteiger charge is -2.21. The van der Waals surface area contributed by atoms with Gasteiger partial charge in [0.2, 0.25) is 0 Å². The van der Waals surface area contributed by atoms with E-state index in [1.807, 2.05) is 0 Å². The molecule has 0 aromatic heterocycles. The van der Waals surface area contributed by atoms with Crippen molar-refractivity contribution < 1.29 is 33.4 Å². The second-order valence-electron chi connectivity index (χ2n) is 7.91. The molecule has 0 radical (unpaired) electrons. The van der Waals surface area contributed by atoms with Gasteiger partial charge in [0, 0.05) is 22.3 Å². The normalized spacial score (nSPS) is 12.8. The van der Waals surface area contributed by atoms with Crippen molar-refractivity contribution in [1.82, 2.24) is 0 Å². The van der Waals surface area contributed by atoms with Crippen molar-refractivity contribution in [1.29, 1.82) is 0 Å². The van der Waals surface area contributed by atoms with Gasteiger partial charge < -0.3 is 19.5 Å². The summed E-state index contributed by atoms with van der Waals surface area (Å²) >= 11 is 0. The second-order valence-corrected chi connectivity index (χ2v) is 7.91. The molecule has 35 heavy (non-hydrogen) atoms. The molecule has 1 N–H and O–H groups in total. The van der Waals surface area contributed by atoms with Crippen LogP contribution in [0.25, 0.3) is 0 Å². The first-order valence-electron chi connectivity index (χ1n) is 10.9. The van der Waals surface area contributed by atoms with Crippen LogP contribution >= 0.6 is 0 Å². The number of ketones is 2. The monoisotopic (exact) mass is 473 g/mol. The summed E-state index contributed by atoms with van der Waals surface area (Å²) in [7, 11) is 2.99. The van der Waals surface area contributed by atoms with E-state index in [0.29, 0.717) is 22.6 Å². The van der Waals surface area contributed by atoms with Crippen molar-refractivity contribution in [3.63, 3.8) is 0 Å². The molecular weight excluding hydrogens is 450 g/mol. The Morgan fingerprint density at radius 1 is 0.857 bits per heavy atom. The van der Waals surface area contributed by atoms with Gasteiger partial charge in [-0.2, -0.15) is 0 Å². The number of hydrogen-bond acceptors (Lipinski definition) is 7. The molecule has 3 aromatic rings. The third-order valence-electron chi connectivity index (χ3n) is 5.71. The van der Waals surface area contributed by atoms with E-state index in [-0.39, 0.29) is 40.4 Å². The first-order chi connectivity index (χ1) is 16.8. The minimum atomic E-state index is -1.16. The number of methoxy groups -OCH3 is 2. The molecule has 0 heterocycles. The Morgan fingerprint density at radius 3 is 2.23 bits per heavy atom. The summed E-state index contributed by atoms with van der Waals surface area (Å²) in [4.78, 5) is 51.3. The number of hydrogen-bond donors (Lipinski definition) is 1. The van der Waals surface area contributed by atoms with E-state index in [4.69, 9.17) is 14.2 Å². The molecule has 0 saturated heterocycles. The van der Waals surface area contributed by atoms with Gasteiger partial charge in [-0.3, -0.25) is 19.2 Å². The first kappa shape index (κ1) is 23.7. The number of carbonyl (C=O) groups is 4. The van der Waals surface area contributed by atoms with E-state index in [1.54, 1.807) is 54.6 Å². The van der Waals surface area contributed by atoms with Gasteiger partial charge in [-0.25, -0.2) is 0 Å². The Balaban J connectivity index is 1.49. The molecule has 0 spiro atoms. The number of fused-ring (bicyclic) bond motifs is 2. The summed E-state index contributed by atoms with van der Waals surface area (Å²) in [5.74, 6) is -0.898. The van der Waals surface area contributed by atoms with Crippen molar-refractivity contribution in [3.8, 4) is 11.5 Å². The van der Waals surface area contributed by atoms with Gasteiger partial charge in [0.05, 0.1) is 31.9 Å². The van der Waals surface area contributed by atoms with E-state index in [2.05, 4.69) is 5.32 Å². The second kappa shape index (κ2) is 9.80. The number of nitrogens with one attached hydrogen (secondary N) is 1. The van der Waals surface area contributed by atoms with Gasteiger partial charge in [-0.1, -0.05) is 36.4 Å². The highest BCUT2D eigenvalue weighted by Gasteiger charge is 2.32. The molecule has 0 bridgehead atoms. The molecule has 178 valence electrons. The molecule has 0 aliphatic heterocycles. The highest BCUT2D eigenvalue weighted by atomic mass is 16.5. The summed E-state index contributed by atoms with van der Waals surface area (Å²) < 4.78 is 15.8. The highest BCUT2D eigenvalue weighted by Crippen LogP contribution is 2.32. The summed E-state index contributed by atoms with van der Waals surface area (Å²) in [5.41, 5.74) is 1.65. The standard InChI is InChI=1S/C27H23NO7/c1-15(35-23(29)14-16-13-17(33-2)11-12-22(16)34-3)27(32)28-21-10-6-9-20-24(21)26(31)19-8-5-4-7-18(19)25(20)30/h4-13,15H,14H2,1-3H3,(H,28,32). The maximum absolute atomic E-state index is 13.1. The van der Waals surface area contributed by atoms with Crippen molar-refractivity contribution in [2.24, 2.45) is 0 Å². The lowest BCUT2D eigenvalue weighted by molar-refractivity contribution is -0.152. The van der Waals surface area contributed by atoms with E-state index in [0.717, 1.165) is 0 Å². The Bertz CT molecular complexity index is 1350. The van der Waals surface area contributed by atoms with Gasteiger partial charge in [-0.05, 0) is 31.2 Å². The van der Waals surface area contributed by atoms with Crippen LogP contribution in [0.3, 0.4) is 0 Å². The summed E-state index contributed by atoms with van der Waals surface area (Å²) in [6.07, 6.45) is -1.29. The van der Waals surface area contributed by atoms with Crippen LogP contribution in [0.15, 0.2) is 60.7 Å². The van der Waals surface area contributed by atoms with Gasteiger partial charge >= 0.3 is 5.97 Å². The van der Waals surface area contributed by atoms with Crippen LogP contribution in [0.1, 0.15) is 44.3 Å². The Labute approximate surface area is 201 Å². The Morgan fingerprint density at radius 2 is 1.54 bits per heavy atom. The number of anilines is 1. The summed E-state index contributed by atoms with van der Waals surface area (Å²) in [5, 5.41) is 2.63. The van der Waals surface area contributed by atoms with Crippen LogP contribution in [0, 0.1) is 0 Å². The molecule has 3 aromatic carbocycles. The molecule has 1 amide bonds. The fraction of sp³-hybridized carbons (Fsp3) is 0.185. The van der Waals surface area contributed by atoms with Crippen molar-refractivity contribution in [2.45, 2.75) is 19.4 Å². The predicted molar refractivity (Wildman–Crippen MR) is 127 cm³/mol. The third kappa shape index (κ3) is 4.63. The van der Waals surface area contributed by atoms with Crippen LogP contribution in [0.5, 0.6) is 11.5 Å². The van der Waals surface area contributed by atoms with Gasteiger partial charge in [-0.15, -0.1) is 0 Å². The Kier molecular flexibility index (Phi) is 6.64. The molecule has 1 unspecified atom stereocenters. The zero-order valence-electron chi connectivity index (χ0n) is 19.4. The number of ether oxygens (including phenoxy) is 3. The topological polar surface area (TPSA) is 108 Å². The SMILES string of the molecule is COc1ccc(OC)c(CC(=O)OC(C)C(=O)Nc2cccc3c2C(=O)c2ccccc2C3=O)c1. The van der Waals surface area contributed by atoms with Crippen LogP contribution in [-0.4, -0.2) is 43.8 Å². The molecule has 0 saturated carbocycles. The lowest BCUT2D eigenvalue weighted by Crippen LogP contribution is -2.32. The van der Waals surface area contributed by atoms with E-state index in [1.165, 1.54) is 27.2 Å². The molecule has 1 aliphatic carbocycles. The van der Waals surface area contributed by atoms with Crippen molar-refractivity contribution in [2.75, 3.05) is 19.5 Å². The van der Waals surface area contributed by atoms with E-state index in [9.17, 15) is 19.2 Å². The largest absolute Gasteiger partial charge is 0.497 e. The fourth-order valence-electron chi connectivity index (χ4n) is 3.95. The minimum Gasteiger partial charge on any atom is -0.497 e. The average molecular weight is 473 g/mol. The Hall–Kier alpha value is -4.46. The summed E-state index contributed by atoms with van der Waals surface area (Å²) in [6.45, 7) is 1.42. The van der Waals surface area contributed by atoms with Crippen molar-refractivity contribution >= 4 is 29.1 Å². The number of esters is 1. The number of amides is 1. The van der Waals surface area contributed by atoms with Gasteiger partial charge in [0.15, 0.2) is 17.7 Å². The molecule has 1 atom stereocenters. The zero-order valence-corrected chi connectivity index (χ0v) is 19.4. The van der Waals surface area contributed by atoms with E-state index < -0.39 is 18.0 Å². The molecule has 0 fully saturated rings. The highest BCUT2D eigenvalue weighted by molar-refractivity contribution is 6.30. The number of carbonyl (C=O) groups excluding carboxylic acids is 4. The quantitative estimate of drug-likeness (QED) is 0.409. The summed E-state index contributed by atoms with van der Waals surface area (Å²) in [6, 6.07) is 16.2. The predicted octanol–water partition coefficient (Wildman–Crippen LogP) is 3.59.